The van der Waals surface area contributed by atoms with E-state index in [0.717, 1.165) is 32.1 Å². The summed E-state index contributed by atoms with van der Waals surface area (Å²) in [4.78, 5) is 38.1. The van der Waals surface area contributed by atoms with E-state index < -0.39 is 26.5 Å². The Morgan fingerprint density at radius 3 is 0.881 bits per heavy atom. The first-order chi connectivity index (χ1) is 41.0. The third kappa shape index (κ3) is 69.6. The topological polar surface area (TPSA) is 111 Å². The molecule has 0 fully saturated rings. The predicted octanol–water partition coefficient (Wildman–Crippen LogP) is 23.4. The average molecular weight is 1210 g/mol. The Labute approximate surface area is 523 Å². The molecule has 0 saturated heterocycles. The minimum atomic E-state index is -4.64. The van der Waals surface area contributed by atoms with Crippen molar-refractivity contribution < 1.29 is 42.1 Å². The molecule has 0 spiro atoms. The van der Waals surface area contributed by atoms with Crippen LogP contribution in [-0.4, -0.2) is 70.0 Å². The molecule has 0 aromatic carbocycles. The van der Waals surface area contributed by atoms with Crippen molar-refractivity contribution in [2.45, 2.75) is 392 Å². The van der Waals surface area contributed by atoms with E-state index in [4.69, 9.17) is 18.5 Å². The predicted molar refractivity (Wildman–Crippen MR) is 361 cm³/mol. The molecule has 0 aliphatic carbocycles. The maximum atomic E-state index is 12.9. The van der Waals surface area contributed by atoms with Crippen LogP contribution in [0.5, 0.6) is 0 Å². The van der Waals surface area contributed by atoms with Crippen LogP contribution in [-0.2, 0) is 32.7 Å². The number of unbranched alkanes of at least 4 members (excludes halogenated alkanes) is 52. The first-order valence-electron chi connectivity index (χ1n) is 37.0. The number of likely N-dealkylation sites (N-methyl/N-ethyl adjacent to an activating group) is 1. The number of nitrogens with zero attached hydrogens (tertiary/aromatic N) is 1. The summed E-state index contributed by atoms with van der Waals surface area (Å²) in [6, 6.07) is 0. The lowest BCUT2D eigenvalue weighted by Crippen LogP contribution is -2.37. The molecule has 10 heteroatoms. The number of hydrogen-bond donors (Lipinski definition) is 0. The summed E-state index contributed by atoms with van der Waals surface area (Å²) in [5.41, 5.74) is 0. The van der Waals surface area contributed by atoms with Crippen LogP contribution in [0.15, 0.2) is 24.3 Å². The van der Waals surface area contributed by atoms with Crippen LogP contribution in [0.2, 0.25) is 0 Å². The number of phosphoric acid groups is 1. The van der Waals surface area contributed by atoms with Crippen LogP contribution in [0.1, 0.15) is 386 Å². The summed E-state index contributed by atoms with van der Waals surface area (Å²) in [6.45, 7) is 4.31. The summed E-state index contributed by atoms with van der Waals surface area (Å²) >= 11 is 0. The fourth-order valence-electron chi connectivity index (χ4n) is 11.2. The number of hydrogen-bond acceptors (Lipinski definition) is 8. The number of esters is 2. The van der Waals surface area contributed by atoms with Gasteiger partial charge in [0.15, 0.2) is 6.10 Å². The van der Waals surface area contributed by atoms with Gasteiger partial charge in [0.25, 0.3) is 7.82 Å². The van der Waals surface area contributed by atoms with Crippen molar-refractivity contribution in [3.05, 3.63) is 24.3 Å². The fourth-order valence-corrected chi connectivity index (χ4v) is 12.0. The standard InChI is InChI=1S/C74H144NO8P/c1-6-8-10-12-14-16-18-20-22-24-26-28-30-31-32-33-34-35-36-37-38-39-40-41-42-43-45-47-49-51-53-55-57-59-61-63-65-67-74(77)83-72(71-82-84(78,79)81-69-68-75(3,4)5)70-80-73(76)66-64-62-60-58-56-54-52-50-48-46-44-29-27-25-23-21-19-17-15-13-11-9-7-2/h24-27,72H,6-23,28-71H2,1-5H3/b26-24-,27-25-. The Morgan fingerprint density at radius 1 is 0.357 bits per heavy atom. The van der Waals surface area contributed by atoms with E-state index in [0.29, 0.717) is 17.4 Å². The van der Waals surface area contributed by atoms with E-state index >= 15 is 0 Å². The number of ether oxygens (including phenoxy) is 2. The van der Waals surface area contributed by atoms with Crippen LogP contribution in [0.4, 0.5) is 0 Å². The second-order valence-electron chi connectivity index (χ2n) is 26.7. The fraction of sp³-hybridized carbons (Fsp3) is 0.919. The lowest BCUT2D eigenvalue weighted by Gasteiger charge is -2.28. The summed E-state index contributed by atoms with van der Waals surface area (Å²) < 4.78 is 34.3. The van der Waals surface area contributed by atoms with E-state index in [9.17, 15) is 19.0 Å². The molecule has 498 valence electrons. The first-order valence-corrected chi connectivity index (χ1v) is 38.5. The lowest BCUT2D eigenvalue weighted by atomic mass is 10.0. The van der Waals surface area contributed by atoms with Crippen LogP contribution in [0, 0.1) is 0 Å². The van der Waals surface area contributed by atoms with Crippen molar-refractivity contribution in [2.75, 3.05) is 47.5 Å². The molecule has 84 heavy (non-hydrogen) atoms. The highest BCUT2D eigenvalue weighted by molar-refractivity contribution is 7.45. The summed E-state index contributed by atoms with van der Waals surface area (Å²) in [5, 5.41) is 0. The Bertz CT molecular complexity index is 1460. The van der Waals surface area contributed by atoms with Gasteiger partial charge in [-0.25, -0.2) is 0 Å². The third-order valence-electron chi connectivity index (χ3n) is 16.9. The zero-order valence-electron chi connectivity index (χ0n) is 56.9. The Morgan fingerprint density at radius 2 is 0.607 bits per heavy atom. The SMILES string of the molecule is CCCCCCCCCC/C=C\CCCCCCCCCCCCCCCCCCCCCCCCCCCC(=O)OC(COC(=O)CCCCCCCCCCCCC/C=C\CCCCCCCCCC)COP(=O)([O-])OCC[N+](C)(C)C. The minimum Gasteiger partial charge on any atom is -0.756 e. The molecule has 0 bridgehead atoms. The van der Waals surface area contributed by atoms with Gasteiger partial charge >= 0.3 is 11.9 Å². The van der Waals surface area contributed by atoms with Crippen LogP contribution < -0.4 is 4.89 Å². The number of carbonyl (C=O) groups excluding carboxylic acids is 2. The van der Waals surface area contributed by atoms with Crippen molar-refractivity contribution in [3.63, 3.8) is 0 Å². The number of quaternary nitrogens is 1. The van der Waals surface area contributed by atoms with Crippen LogP contribution in [0.3, 0.4) is 0 Å². The van der Waals surface area contributed by atoms with Gasteiger partial charge < -0.3 is 27.9 Å². The minimum absolute atomic E-state index is 0.0273. The highest BCUT2D eigenvalue weighted by atomic mass is 31.2. The normalized spacial score (nSPS) is 13.2. The first kappa shape index (κ1) is 82.5. The molecule has 0 rings (SSSR count). The van der Waals surface area contributed by atoms with E-state index in [1.54, 1.807) is 0 Å². The molecule has 2 atom stereocenters. The van der Waals surface area contributed by atoms with Gasteiger partial charge in [-0.1, -0.05) is 334 Å². The molecular weight excluding hydrogens is 1060 g/mol. The molecule has 0 aliphatic heterocycles. The highest BCUT2D eigenvalue weighted by Crippen LogP contribution is 2.38. The molecule has 0 amide bonds. The third-order valence-corrected chi connectivity index (χ3v) is 17.9. The molecule has 0 aliphatic rings. The molecule has 0 radical (unpaired) electrons. The largest absolute Gasteiger partial charge is 0.756 e. The molecule has 0 aromatic heterocycles. The van der Waals surface area contributed by atoms with E-state index in [1.807, 2.05) is 21.1 Å². The molecule has 9 nitrogen and oxygen atoms in total. The highest BCUT2D eigenvalue weighted by Gasteiger charge is 2.22. The van der Waals surface area contributed by atoms with Gasteiger partial charge in [-0.3, -0.25) is 14.2 Å². The van der Waals surface area contributed by atoms with Crippen molar-refractivity contribution in [1.29, 1.82) is 0 Å². The second-order valence-corrected chi connectivity index (χ2v) is 28.1. The average Bonchev–Trinajstić information content (AvgIpc) is 3.61. The molecule has 0 saturated carbocycles. The number of allylic oxidation sites excluding steroid dienone is 4. The zero-order valence-corrected chi connectivity index (χ0v) is 57.8. The number of carbonyl (C=O) groups is 2. The monoisotopic (exact) mass is 1210 g/mol. The van der Waals surface area contributed by atoms with Gasteiger partial charge in [0.2, 0.25) is 0 Å². The van der Waals surface area contributed by atoms with Crippen molar-refractivity contribution in [1.82, 2.24) is 0 Å². The maximum Gasteiger partial charge on any atom is 0.306 e. The summed E-state index contributed by atoms with van der Waals surface area (Å²) in [6.07, 6.45) is 82.9. The van der Waals surface area contributed by atoms with Gasteiger partial charge in [-0.15, -0.1) is 0 Å². The summed E-state index contributed by atoms with van der Waals surface area (Å²) in [7, 11) is 1.19. The van der Waals surface area contributed by atoms with Gasteiger partial charge in [-0.2, -0.15) is 0 Å². The molecule has 2 unspecified atom stereocenters. The van der Waals surface area contributed by atoms with Gasteiger partial charge in [0.1, 0.15) is 19.8 Å². The second kappa shape index (κ2) is 65.9. The van der Waals surface area contributed by atoms with E-state index in [1.165, 1.54) is 321 Å². The molecule has 0 heterocycles. The summed E-state index contributed by atoms with van der Waals surface area (Å²) in [5.74, 6) is -0.811. The quantitative estimate of drug-likeness (QED) is 0.0195. The van der Waals surface area contributed by atoms with Gasteiger partial charge in [0.05, 0.1) is 27.7 Å². The number of phosphoric ester groups is 1. The smallest absolute Gasteiger partial charge is 0.306 e. The molecular formula is C74H144NO8P. The van der Waals surface area contributed by atoms with Crippen molar-refractivity contribution in [3.8, 4) is 0 Å². The van der Waals surface area contributed by atoms with Crippen molar-refractivity contribution in [2.24, 2.45) is 0 Å². The number of rotatable bonds is 70. The molecule has 0 N–H and O–H groups in total. The maximum absolute atomic E-state index is 12.9. The Balaban J connectivity index is 3.92. The molecule has 0 aromatic rings. The lowest BCUT2D eigenvalue weighted by molar-refractivity contribution is -0.870. The van der Waals surface area contributed by atoms with Gasteiger partial charge in [-0.05, 0) is 64.2 Å². The van der Waals surface area contributed by atoms with Crippen LogP contribution in [0.25, 0.3) is 0 Å². The Kier molecular flexibility index (Phi) is 64.7. The van der Waals surface area contributed by atoms with Crippen LogP contribution >= 0.6 is 7.82 Å². The van der Waals surface area contributed by atoms with E-state index in [-0.39, 0.29) is 32.0 Å². The zero-order chi connectivity index (χ0) is 61.2. The Hall–Kier alpha value is -1.51. The van der Waals surface area contributed by atoms with E-state index in [2.05, 4.69) is 38.2 Å². The van der Waals surface area contributed by atoms with Gasteiger partial charge in [0, 0.05) is 12.8 Å². The van der Waals surface area contributed by atoms with Crippen molar-refractivity contribution >= 4 is 19.8 Å².